The first-order chi connectivity index (χ1) is 9.16. The van der Waals surface area contributed by atoms with E-state index in [1.165, 1.54) is 11.1 Å². The van der Waals surface area contributed by atoms with Crippen LogP contribution in [0.25, 0.3) is 10.9 Å². The van der Waals surface area contributed by atoms with Crippen molar-refractivity contribution in [2.45, 2.75) is 20.3 Å². The molecule has 1 aromatic carbocycles. The Hall–Kier alpha value is -1.80. The monoisotopic (exact) mass is 270 g/mol. The van der Waals surface area contributed by atoms with Crippen molar-refractivity contribution >= 4 is 22.5 Å². The van der Waals surface area contributed by atoms with Crippen LogP contribution in [-0.2, 0) is 6.42 Å². The first-order valence-electron chi connectivity index (χ1n) is 6.33. The van der Waals surface area contributed by atoms with Crippen LogP contribution in [0.4, 0.5) is 0 Å². The van der Waals surface area contributed by atoms with Crippen molar-refractivity contribution in [2.24, 2.45) is 0 Å². The van der Waals surface area contributed by atoms with Crippen LogP contribution in [0.5, 0.6) is 0 Å². The number of halogens is 1. The minimum Gasteiger partial charge on any atom is -0.357 e. The number of aryl methyl sites for hydroxylation is 2. The highest BCUT2D eigenvalue weighted by atomic mass is 35.5. The van der Waals surface area contributed by atoms with Gasteiger partial charge in [0.15, 0.2) is 0 Å². The zero-order valence-electron chi connectivity index (χ0n) is 11.0. The number of aromatic nitrogens is 2. The Morgan fingerprint density at radius 2 is 1.89 bits per heavy atom. The Kier molecular flexibility index (Phi) is 3.03. The number of H-pyrrole nitrogens is 1. The van der Waals surface area contributed by atoms with E-state index in [1.807, 2.05) is 24.4 Å². The van der Waals surface area contributed by atoms with Gasteiger partial charge in [0.25, 0.3) is 0 Å². The molecule has 19 heavy (non-hydrogen) atoms. The third-order valence-electron chi connectivity index (χ3n) is 3.59. The van der Waals surface area contributed by atoms with Crippen molar-refractivity contribution in [2.75, 3.05) is 0 Å². The lowest BCUT2D eigenvalue weighted by Gasteiger charge is -2.05. The highest BCUT2D eigenvalue weighted by molar-refractivity contribution is 6.35. The van der Waals surface area contributed by atoms with E-state index >= 15 is 0 Å². The van der Waals surface area contributed by atoms with Crippen molar-refractivity contribution in [3.63, 3.8) is 0 Å². The molecule has 0 aliphatic heterocycles. The van der Waals surface area contributed by atoms with Gasteiger partial charge in [0.05, 0.1) is 16.2 Å². The van der Waals surface area contributed by atoms with Gasteiger partial charge in [-0.2, -0.15) is 0 Å². The zero-order chi connectivity index (χ0) is 13.4. The summed E-state index contributed by atoms with van der Waals surface area (Å²) in [6.07, 6.45) is 2.67. The van der Waals surface area contributed by atoms with E-state index < -0.39 is 0 Å². The van der Waals surface area contributed by atoms with E-state index in [4.69, 9.17) is 11.6 Å². The summed E-state index contributed by atoms with van der Waals surface area (Å²) >= 11 is 6.48. The zero-order valence-corrected chi connectivity index (χ0v) is 11.8. The minimum absolute atomic E-state index is 0.734. The van der Waals surface area contributed by atoms with E-state index in [0.717, 1.165) is 33.7 Å². The Morgan fingerprint density at radius 3 is 2.63 bits per heavy atom. The van der Waals surface area contributed by atoms with Gasteiger partial charge >= 0.3 is 0 Å². The van der Waals surface area contributed by atoms with E-state index in [-0.39, 0.29) is 0 Å². The highest BCUT2D eigenvalue weighted by Gasteiger charge is 2.12. The second-order valence-corrected chi connectivity index (χ2v) is 5.22. The summed E-state index contributed by atoms with van der Waals surface area (Å²) in [5.41, 5.74) is 5.50. The molecule has 0 atom stereocenters. The Balaban J connectivity index is 2.08. The van der Waals surface area contributed by atoms with E-state index in [9.17, 15) is 0 Å². The molecular formula is C16H15ClN2. The summed E-state index contributed by atoms with van der Waals surface area (Å²) in [6.45, 7) is 4.14. The SMILES string of the molecule is Cc1[nH]c2c(Cl)c(Cc3ccccc3)ncc2c1C. The average molecular weight is 271 g/mol. The van der Waals surface area contributed by atoms with Gasteiger partial charge in [-0.3, -0.25) is 4.98 Å². The van der Waals surface area contributed by atoms with Gasteiger partial charge in [0.2, 0.25) is 0 Å². The fraction of sp³-hybridized carbons (Fsp3) is 0.188. The number of fused-ring (bicyclic) bond motifs is 1. The topological polar surface area (TPSA) is 28.7 Å². The molecule has 2 heterocycles. The molecular weight excluding hydrogens is 256 g/mol. The fourth-order valence-electron chi connectivity index (χ4n) is 2.33. The summed E-state index contributed by atoms with van der Waals surface area (Å²) in [6, 6.07) is 10.3. The van der Waals surface area contributed by atoms with E-state index in [1.54, 1.807) is 0 Å². The van der Waals surface area contributed by atoms with Crippen LogP contribution in [0.1, 0.15) is 22.5 Å². The molecule has 0 aliphatic carbocycles. The molecule has 3 rings (SSSR count). The number of hydrogen-bond acceptors (Lipinski definition) is 1. The largest absolute Gasteiger partial charge is 0.357 e. The maximum absolute atomic E-state index is 6.48. The van der Waals surface area contributed by atoms with Crippen molar-refractivity contribution in [3.8, 4) is 0 Å². The lowest BCUT2D eigenvalue weighted by atomic mass is 10.1. The van der Waals surface area contributed by atoms with E-state index in [0.29, 0.717) is 0 Å². The Labute approximate surface area is 117 Å². The van der Waals surface area contributed by atoms with Crippen molar-refractivity contribution in [3.05, 3.63) is 64.1 Å². The molecule has 0 unspecified atom stereocenters. The molecule has 2 aromatic heterocycles. The van der Waals surface area contributed by atoms with Crippen molar-refractivity contribution in [1.82, 2.24) is 9.97 Å². The second kappa shape index (κ2) is 4.71. The third-order valence-corrected chi connectivity index (χ3v) is 3.99. The standard InChI is InChI=1S/C16H15ClN2/c1-10-11(2)19-16-13(10)9-18-14(15(16)17)8-12-6-4-3-5-7-12/h3-7,9,19H,8H2,1-2H3. The fourth-order valence-corrected chi connectivity index (χ4v) is 2.59. The molecule has 2 nitrogen and oxygen atoms in total. The van der Waals surface area contributed by atoms with Gasteiger partial charge in [-0.1, -0.05) is 41.9 Å². The molecule has 0 fully saturated rings. The smallest absolute Gasteiger partial charge is 0.0865 e. The minimum atomic E-state index is 0.734. The first-order valence-corrected chi connectivity index (χ1v) is 6.71. The third kappa shape index (κ3) is 2.13. The van der Waals surface area contributed by atoms with Crippen LogP contribution < -0.4 is 0 Å². The molecule has 0 saturated heterocycles. The van der Waals surface area contributed by atoms with Gasteiger partial charge in [-0.05, 0) is 25.0 Å². The number of rotatable bonds is 2. The molecule has 0 aliphatic rings. The van der Waals surface area contributed by atoms with Crippen molar-refractivity contribution in [1.29, 1.82) is 0 Å². The van der Waals surface area contributed by atoms with Gasteiger partial charge in [0, 0.05) is 23.7 Å². The molecule has 1 N–H and O–H groups in total. The molecule has 0 amide bonds. The number of nitrogens with one attached hydrogen (secondary N) is 1. The molecule has 0 saturated carbocycles. The number of aromatic amines is 1. The van der Waals surface area contributed by atoms with Crippen LogP contribution in [-0.4, -0.2) is 9.97 Å². The Morgan fingerprint density at radius 1 is 1.16 bits per heavy atom. The molecule has 0 spiro atoms. The quantitative estimate of drug-likeness (QED) is 0.733. The second-order valence-electron chi connectivity index (χ2n) is 4.84. The summed E-state index contributed by atoms with van der Waals surface area (Å²) < 4.78 is 0. The molecule has 3 heteroatoms. The normalized spacial score (nSPS) is 11.1. The summed E-state index contributed by atoms with van der Waals surface area (Å²) in [4.78, 5) is 7.87. The van der Waals surface area contributed by atoms with E-state index in [2.05, 4.69) is 35.9 Å². The van der Waals surface area contributed by atoms with Gasteiger partial charge in [0.1, 0.15) is 0 Å². The maximum atomic E-state index is 6.48. The van der Waals surface area contributed by atoms with Crippen LogP contribution in [0.2, 0.25) is 5.02 Å². The molecule has 0 radical (unpaired) electrons. The number of nitrogens with zero attached hydrogens (tertiary/aromatic N) is 1. The lowest BCUT2D eigenvalue weighted by Crippen LogP contribution is -1.94. The molecule has 0 bridgehead atoms. The lowest BCUT2D eigenvalue weighted by molar-refractivity contribution is 1.08. The van der Waals surface area contributed by atoms with Gasteiger partial charge < -0.3 is 4.98 Å². The predicted molar refractivity (Wildman–Crippen MR) is 79.8 cm³/mol. The number of benzene rings is 1. The van der Waals surface area contributed by atoms with Crippen LogP contribution in [0, 0.1) is 13.8 Å². The first kappa shape index (κ1) is 12.2. The highest BCUT2D eigenvalue weighted by Crippen LogP contribution is 2.29. The summed E-state index contributed by atoms with van der Waals surface area (Å²) in [7, 11) is 0. The number of pyridine rings is 1. The molecule has 3 aromatic rings. The van der Waals surface area contributed by atoms with Crippen LogP contribution >= 0.6 is 11.6 Å². The van der Waals surface area contributed by atoms with Crippen LogP contribution in [0.15, 0.2) is 36.5 Å². The maximum Gasteiger partial charge on any atom is 0.0865 e. The summed E-state index contributed by atoms with van der Waals surface area (Å²) in [5.74, 6) is 0. The average Bonchev–Trinajstić information content (AvgIpc) is 2.71. The summed E-state index contributed by atoms with van der Waals surface area (Å²) in [5, 5.41) is 1.84. The Bertz CT molecular complexity index is 729. The van der Waals surface area contributed by atoms with Gasteiger partial charge in [-0.15, -0.1) is 0 Å². The van der Waals surface area contributed by atoms with Crippen LogP contribution in [0.3, 0.4) is 0 Å². The predicted octanol–water partition coefficient (Wildman–Crippen LogP) is 4.42. The van der Waals surface area contributed by atoms with Gasteiger partial charge in [-0.25, -0.2) is 0 Å². The van der Waals surface area contributed by atoms with Crippen molar-refractivity contribution < 1.29 is 0 Å². The number of hydrogen-bond donors (Lipinski definition) is 1. The molecule has 96 valence electrons.